The van der Waals surface area contributed by atoms with Crippen molar-refractivity contribution >= 4 is 5.97 Å². The molecule has 2 aliphatic carbocycles. The first-order chi connectivity index (χ1) is 6.70. The van der Waals surface area contributed by atoms with E-state index in [2.05, 4.69) is 6.58 Å². The van der Waals surface area contributed by atoms with Crippen LogP contribution in [0.3, 0.4) is 0 Å². The van der Waals surface area contributed by atoms with Crippen LogP contribution in [-0.4, -0.2) is 12.6 Å². The smallest absolute Gasteiger partial charge is 0.309 e. The van der Waals surface area contributed by atoms with Crippen LogP contribution < -0.4 is 0 Å². The van der Waals surface area contributed by atoms with Gasteiger partial charge in [-0.1, -0.05) is 18.6 Å². The lowest BCUT2D eigenvalue weighted by atomic mass is 9.80. The van der Waals surface area contributed by atoms with Gasteiger partial charge in [-0.2, -0.15) is 0 Å². The summed E-state index contributed by atoms with van der Waals surface area (Å²) in [5.41, 5.74) is 1.45. The first kappa shape index (κ1) is 9.75. The molecule has 0 bridgehead atoms. The molecule has 2 rings (SSSR count). The van der Waals surface area contributed by atoms with Crippen molar-refractivity contribution < 1.29 is 9.53 Å². The number of carbonyl (C=O) groups excluding carboxylic acids is 1. The molecule has 2 saturated carbocycles. The lowest BCUT2D eigenvalue weighted by Gasteiger charge is -2.25. The Bertz CT molecular complexity index is 269. The topological polar surface area (TPSA) is 26.3 Å². The Morgan fingerprint density at radius 2 is 2.43 bits per heavy atom. The maximum Gasteiger partial charge on any atom is 0.309 e. The molecule has 0 aromatic rings. The number of ether oxygens (including phenoxy) is 1. The van der Waals surface area contributed by atoms with Crippen LogP contribution in [0, 0.1) is 11.3 Å². The fourth-order valence-corrected chi connectivity index (χ4v) is 2.73. The number of allylic oxidation sites excluding steroid dienone is 1. The van der Waals surface area contributed by atoms with E-state index in [4.69, 9.17) is 4.74 Å². The first-order valence-electron chi connectivity index (χ1n) is 5.55. The third-order valence-corrected chi connectivity index (χ3v) is 3.70. The molecule has 2 heteroatoms. The summed E-state index contributed by atoms with van der Waals surface area (Å²) < 4.78 is 5.06. The summed E-state index contributed by atoms with van der Waals surface area (Å²) in [5, 5.41) is 0. The third-order valence-electron chi connectivity index (χ3n) is 3.70. The number of esters is 1. The summed E-state index contributed by atoms with van der Waals surface area (Å²) in [6.45, 7) is 6.48. The minimum Gasteiger partial charge on any atom is -0.466 e. The van der Waals surface area contributed by atoms with E-state index in [1.165, 1.54) is 18.4 Å². The average Bonchev–Trinajstić information content (AvgIpc) is 2.87. The van der Waals surface area contributed by atoms with Crippen molar-refractivity contribution in [3.63, 3.8) is 0 Å². The molecule has 0 heterocycles. The molecule has 0 aromatic heterocycles. The summed E-state index contributed by atoms with van der Waals surface area (Å²) >= 11 is 0. The van der Waals surface area contributed by atoms with Crippen molar-refractivity contribution in [3.05, 3.63) is 12.2 Å². The second-order valence-electron chi connectivity index (χ2n) is 4.48. The van der Waals surface area contributed by atoms with Gasteiger partial charge in [-0.3, -0.25) is 4.79 Å². The Morgan fingerprint density at radius 1 is 1.64 bits per heavy atom. The first-order valence-corrected chi connectivity index (χ1v) is 5.55. The molecule has 2 aliphatic rings. The van der Waals surface area contributed by atoms with E-state index in [-0.39, 0.29) is 17.3 Å². The van der Waals surface area contributed by atoms with Gasteiger partial charge in [-0.25, -0.2) is 0 Å². The summed E-state index contributed by atoms with van der Waals surface area (Å²) in [4.78, 5) is 11.6. The Labute approximate surface area is 85.3 Å². The van der Waals surface area contributed by atoms with Crippen LogP contribution in [0.1, 0.15) is 39.0 Å². The summed E-state index contributed by atoms with van der Waals surface area (Å²) in [7, 11) is 0. The lowest BCUT2D eigenvalue weighted by Crippen LogP contribution is -2.18. The van der Waals surface area contributed by atoms with Gasteiger partial charge in [0, 0.05) is 5.41 Å². The molecule has 1 spiro atoms. The van der Waals surface area contributed by atoms with E-state index in [1.54, 1.807) is 0 Å². The highest BCUT2D eigenvalue weighted by atomic mass is 16.5. The van der Waals surface area contributed by atoms with Crippen molar-refractivity contribution in [3.8, 4) is 0 Å². The normalized spacial score (nSPS) is 35.8. The zero-order valence-corrected chi connectivity index (χ0v) is 8.84. The Hall–Kier alpha value is -0.790. The van der Waals surface area contributed by atoms with Crippen LogP contribution in [0.25, 0.3) is 0 Å². The van der Waals surface area contributed by atoms with Gasteiger partial charge in [0.15, 0.2) is 0 Å². The summed E-state index contributed by atoms with van der Waals surface area (Å²) in [6.07, 6.45) is 5.74. The molecule has 0 amide bonds. The summed E-state index contributed by atoms with van der Waals surface area (Å²) in [6, 6.07) is 0. The van der Waals surface area contributed by atoms with E-state index >= 15 is 0 Å². The average molecular weight is 194 g/mol. The zero-order valence-electron chi connectivity index (χ0n) is 8.84. The van der Waals surface area contributed by atoms with E-state index in [9.17, 15) is 4.79 Å². The second-order valence-corrected chi connectivity index (χ2v) is 4.48. The van der Waals surface area contributed by atoms with Gasteiger partial charge in [0.25, 0.3) is 0 Å². The van der Waals surface area contributed by atoms with Crippen LogP contribution in [0.4, 0.5) is 0 Å². The molecule has 0 saturated heterocycles. The number of hydrogen-bond donors (Lipinski definition) is 0. The van der Waals surface area contributed by atoms with Crippen LogP contribution in [0.15, 0.2) is 12.2 Å². The van der Waals surface area contributed by atoms with E-state index in [1.807, 2.05) is 6.92 Å². The molecule has 2 nitrogen and oxygen atoms in total. The third kappa shape index (κ3) is 1.37. The van der Waals surface area contributed by atoms with Gasteiger partial charge in [0.2, 0.25) is 0 Å². The van der Waals surface area contributed by atoms with Gasteiger partial charge in [0.1, 0.15) is 0 Å². The fourth-order valence-electron chi connectivity index (χ4n) is 2.73. The van der Waals surface area contributed by atoms with Crippen molar-refractivity contribution in [2.45, 2.75) is 39.0 Å². The SMILES string of the molecule is C=C1CCCC[C@]12C[C@H]2C(=O)OCC. The maximum atomic E-state index is 11.6. The lowest BCUT2D eigenvalue weighted by molar-refractivity contribution is -0.145. The van der Waals surface area contributed by atoms with Gasteiger partial charge in [0.05, 0.1) is 12.5 Å². The largest absolute Gasteiger partial charge is 0.466 e. The molecule has 78 valence electrons. The zero-order chi connectivity index (χ0) is 10.2. The molecule has 0 N–H and O–H groups in total. The minimum absolute atomic E-state index is 0.00412. The molecule has 0 radical (unpaired) electrons. The van der Waals surface area contributed by atoms with Gasteiger partial charge < -0.3 is 4.74 Å². The van der Waals surface area contributed by atoms with Crippen LogP contribution in [0.2, 0.25) is 0 Å². The van der Waals surface area contributed by atoms with E-state index < -0.39 is 0 Å². The van der Waals surface area contributed by atoms with Crippen LogP contribution >= 0.6 is 0 Å². The Morgan fingerprint density at radius 3 is 3.07 bits per heavy atom. The standard InChI is InChI=1S/C12H18O2/c1-3-14-11(13)10-8-12(10)7-5-4-6-9(12)2/h10H,2-8H2,1H3/t10-,12-/m0/s1. The number of hydrogen-bond acceptors (Lipinski definition) is 2. The van der Waals surface area contributed by atoms with Crippen LogP contribution in [-0.2, 0) is 9.53 Å². The Balaban J connectivity index is 2.00. The highest BCUT2D eigenvalue weighted by Crippen LogP contribution is 2.63. The fraction of sp³-hybridized carbons (Fsp3) is 0.750. The number of rotatable bonds is 2. The van der Waals surface area contributed by atoms with Crippen LogP contribution in [0.5, 0.6) is 0 Å². The van der Waals surface area contributed by atoms with Crippen molar-refractivity contribution in [1.29, 1.82) is 0 Å². The highest BCUT2D eigenvalue weighted by molar-refractivity contribution is 5.78. The highest BCUT2D eigenvalue weighted by Gasteiger charge is 2.60. The molecular weight excluding hydrogens is 176 g/mol. The van der Waals surface area contributed by atoms with Crippen molar-refractivity contribution in [2.24, 2.45) is 11.3 Å². The van der Waals surface area contributed by atoms with Gasteiger partial charge >= 0.3 is 5.97 Å². The van der Waals surface area contributed by atoms with Gasteiger partial charge in [-0.15, -0.1) is 0 Å². The quantitative estimate of drug-likeness (QED) is 0.499. The monoisotopic (exact) mass is 194 g/mol. The predicted molar refractivity (Wildman–Crippen MR) is 54.8 cm³/mol. The number of carbonyl (C=O) groups is 1. The molecule has 2 atom stereocenters. The molecular formula is C12H18O2. The van der Waals surface area contributed by atoms with Crippen molar-refractivity contribution in [2.75, 3.05) is 6.61 Å². The maximum absolute atomic E-state index is 11.6. The molecule has 0 aromatic carbocycles. The molecule has 0 unspecified atom stereocenters. The molecule has 2 fully saturated rings. The molecule has 0 aliphatic heterocycles. The van der Waals surface area contributed by atoms with Gasteiger partial charge in [-0.05, 0) is 32.6 Å². The van der Waals surface area contributed by atoms with E-state index in [0.717, 1.165) is 19.3 Å². The predicted octanol–water partition coefficient (Wildman–Crippen LogP) is 2.69. The van der Waals surface area contributed by atoms with E-state index in [0.29, 0.717) is 6.61 Å². The second kappa shape index (κ2) is 3.41. The van der Waals surface area contributed by atoms with Crippen molar-refractivity contribution in [1.82, 2.24) is 0 Å². The summed E-state index contributed by atoms with van der Waals surface area (Å²) in [5.74, 6) is 0.130. The molecule has 14 heavy (non-hydrogen) atoms. The minimum atomic E-state index is -0.00412. The Kier molecular flexibility index (Phi) is 2.38.